The van der Waals surface area contributed by atoms with Gasteiger partial charge in [0.25, 0.3) is 5.91 Å². The number of carbonyl (C=O) groups excluding carboxylic acids is 1. The molecule has 0 atom stereocenters. The number of piperidine rings is 1. The van der Waals surface area contributed by atoms with Crippen LogP contribution in [0.4, 0.5) is 5.95 Å². The fourth-order valence-electron chi connectivity index (χ4n) is 5.34. The molecule has 0 unspecified atom stereocenters. The normalized spacial score (nSPS) is 20.6. The Morgan fingerprint density at radius 1 is 1.09 bits per heavy atom. The molecule has 3 rings (SSSR count). The van der Waals surface area contributed by atoms with E-state index in [4.69, 9.17) is 14.6 Å². The van der Waals surface area contributed by atoms with Crippen LogP contribution in [0.25, 0.3) is 0 Å². The largest absolute Gasteiger partial charge is 0.480 e. The highest BCUT2D eigenvalue weighted by molar-refractivity contribution is 5.94. The van der Waals surface area contributed by atoms with Gasteiger partial charge in [-0.3, -0.25) is 4.79 Å². The number of carbonyl (C=O) groups is 2. The van der Waals surface area contributed by atoms with Crippen molar-refractivity contribution in [2.45, 2.75) is 53.0 Å². The van der Waals surface area contributed by atoms with Gasteiger partial charge in [-0.2, -0.15) is 0 Å². The lowest BCUT2D eigenvalue weighted by atomic mass is 9.52. The van der Waals surface area contributed by atoms with Crippen LogP contribution in [-0.2, 0) is 14.3 Å². The molecule has 1 aromatic heterocycles. The first-order valence-corrected chi connectivity index (χ1v) is 11.3. The van der Waals surface area contributed by atoms with E-state index in [-0.39, 0.29) is 36.0 Å². The van der Waals surface area contributed by atoms with E-state index in [2.05, 4.69) is 47.9 Å². The van der Waals surface area contributed by atoms with Crippen molar-refractivity contribution in [2.75, 3.05) is 44.4 Å². The first-order valence-electron chi connectivity index (χ1n) is 11.3. The molecule has 1 saturated heterocycles. The number of anilines is 1. The van der Waals surface area contributed by atoms with Gasteiger partial charge in [-0.1, -0.05) is 27.7 Å². The summed E-state index contributed by atoms with van der Waals surface area (Å²) in [5.41, 5.74) is 0.680. The molecule has 1 amide bonds. The molecule has 178 valence electrons. The molecular formula is C23H36N4O5. The Morgan fingerprint density at radius 3 is 2.25 bits per heavy atom. The third kappa shape index (κ3) is 6.16. The van der Waals surface area contributed by atoms with Crippen LogP contribution >= 0.6 is 0 Å². The molecule has 1 aromatic rings. The number of nitrogens with one attached hydrogen (secondary N) is 1. The van der Waals surface area contributed by atoms with Crippen LogP contribution in [-0.4, -0.2) is 72.5 Å². The van der Waals surface area contributed by atoms with Gasteiger partial charge in [0.05, 0.1) is 18.8 Å². The molecule has 9 heteroatoms. The van der Waals surface area contributed by atoms with E-state index in [1.165, 1.54) is 0 Å². The summed E-state index contributed by atoms with van der Waals surface area (Å²) < 4.78 is 10.6. The van der Waals surface area contributed by atoms with E-state index in [0.29, 0.717) is 30.6 Å². The van der Waals surface area contributed by atoms with E-state index >= 15 is 0 Å². The first kappa shape index (κ1) is 24.4. The zero-order valence-corrected chi connectivity index (χ0v) is 19.6. The molecule has 0 spiro atoms. The van der Waals surface area contributed by atoms with Crippen molar-refractivity contribution in [1.29, 1.82) is 0 Å². The smallest absolute Gasteiger partial charge is 0.329 e. The number of carboxylic acids is 1. The minimum atomic E-state index is -0.973. The molecule has 9 nitrogen and oxygen atoms in total. The Hall–Kier alpha value is -2.26. The summed E-state index contributed by atoms with van der Waals surface area (Å²) in [5.74, 6) is 0.00218. The third-order valence-electron chi connectivity index (χ3n) is 6.50. The van der Waals surface area contributed by atoms with Gasteiger partial charge in [-0.15, -0.1) is 0 Å². The molecule has 2 aliphatic rings. The van der Waals surface area contributed by atoms with Crippen LogP contribution in [0.3, 0.4) is 0 Å². The van der Waals surface area contributed by atoms with Crippen molar-refractivity contribution in [3.8, 4) is 0 Å². The highest BCUT2D eigenvalue weighted by Gasteiger charge is 2.53. The Kier molecular flexibility index (Phi) is 7.71. The summed E-state index contributed by atoms with van der Waals surface area (Å²) in [6, 6.07) is 0.132. The minimum absolute atomic E-state index is 0.0967. The lowest BCUT2D eigenvalue weighted by Gasteiger charge is -2.57. The number of hydrogen-bond donors (Lipinski definition) is 2. The fourth-order valence-corrected chi connectivity index (χ4v) is 5.34. The number of carboxylic acid groups (broad SMARTS) is 1. The molecule has 2 fully saturated rings. The van der Waals surface area contributed by atoms with Crippen LogP contribution < -0.4 is 10.2 Å². The Bertz CT molecular complexity index is 774. The minimum Gasteiger partial charge on any atom is -0.480 e. The van der Waals surface area contributed by atoms with Gasteiger partial charge >= 0.3 is 5.97 Å². The van der Waals surface area contributed by atoms with Crippen LogP contribution in [0.15, 0.2) is 12.4 Å². The van der Waals surface area contributed by atoms with E-state index in [1.54, 1.807) is 12.4 Å². The van der Waals surface area contributed by atoms with Gasteiger partial charge in [0, 0.05) is 38.1 Å². The highest BCUT2D eigenvalue weighted by atomic mass is 16.5. The highest BCUT2D eigenvalue weighted by Crippen LogP contribution is 2.53. The standard InChI is InChI=1S/C23H36N4O5/c1-22(2)15-23(3,4)20(22)26-19(30)17-11-24-21(25-12-17)27-7-5-16(6-8-27)13-31-9-10-32-14-18(28)29/h11-12,16,20H,5-10,13-15H2,1-4H3,(H,26,30)(H,28,29). The predicted molar refractivity (Wildman–Crippen MR) is 120 cm³/mol. The van der Waals surface area contributed by atoms with Crippen molar-refractivity contribution in [3.63, 3.8) is 0 Å². The van der Waals surface area contributed by atoms with Gasteiger partial charge in [0.2, 0.25) is 5.95 Å². The number of aromatic nitrogens is 2. The molecular weight excluding hydrogens is 412 g/mol. The number of rotatable bonds is 10. The zero-order valence-electron chi connectivity index (χ0n) is 19.6. The number of nitrogens with zero attached hydrogens (tertiary/aromatic N) is 3. The van der Waals surface area contributed by atoms with Gasteiger partial charge in [-0.25, -0.2) is 14.8 Å². The van der Waals surface area contributed by atoms with Crippen molar-refractivity contribution >= 4 is 17.8 Å². The Labute approximate surface area is 189 Å². The van der Waals surface area contributed by atoms with E-state index in [9.17, 15) is 9.59 Å². The van der Waals surface area contributed by atoms with Crippen LogP contribution in [0.5, 0.6) is 0 Å². The average Bonchev–Trinajstić information content (AvgIpc) is 2.74. The van der Waals surface area contributed by atoms with E-state index < -0.39 is 5.97 Å². The SMILES string of the molecule is CC1(C)CC(C)(C)C1NC(=O)c1cnc(N2CCC(COCCOCC(=O)O)CC2)nc1. The summed E-state index contributed by atoms with van der Waals surface area (Å²) in [4.78, 5) is 34.1. The maximum atomic E-state index is 12.7. The number of hydrogen-bond acceptors (Lipinski definition) is 7. The molecule has 0 aromatic carbocycles. The van der Waals surface area contributed by atoms with Gasteiger partial charge in [-0.05, 0) is 36.0 Å². The second kappa shape index (κ2) is 10.1. The molecule has 1 aliphatic heterocycles. The quantitative estimate of drug-likeness (QED) is 0.525. The Morgan fingerprint density at radius 2 is 1.69 bits per heavy atom. The topological polar surface area (TPSA) is 114 Å². The molecule has 32 heavy (non-hydrogen) atoms. The van der Waals surface area contributed by atoms with E-state index in [0.717, 1.165) is 32.4 Å². The summed E-state index contributed by atoms with van der Waals surface area (Å²) in [6.45, 7) is 11.4. The maximum absolute atomic E-state index is 12.7. The summed E-state index contributed by atoms with van der Waals surface area (Å²) in [6.07, 6.45) is 6.24. The molecule has 2 N–H and O–H groups in total. The Balaban J connectivity index is 1.40. The lowest BCUT2D eigenvalue weighted by molar-refractivity contribution is -0.142. The first-order chi connectivity index (χ1) is 15.1. The number of ether oxygens (including phenoxy) is 2. The maximum Gasteiger partial charge on any atom is 0.329 e. The van der Waals surface area contributed by atoms with Crippen molar-refractivity contribution in [2.24, 2.45) is 16.7 Å². The lowest BCUT2D eigenvalue weighted by Crippen LogP contribution is -2.63. The van der Waals surface area contributed by atoms with Crippen LogP contribution in [0, 0.1) is 16.7 Å². The molecule has 0 bridgehead atoms. The average molecular weight is 449 g/mol. The molecule has 0 radical (unpaired) electrons. The fraction of sp³-hybridized carbons (Fsp3) is 0.739. The molecule has 2 heterocycles. The predicted octanol–water partition coefficient (Wildman–Crippen LogP) is 2.37. The molecule has 1 saturated carbocycles. The summed E-state index contributed by atoms with van der Waals surface area (Å²) in [7, 11) is 0. The monoisotopic (exact) mass is 448 g/mol. The second-order valence-corrected chi connectivity index (χ2v) is 10.3. The second-order valence-electron chi connectivity index (χ2n) is 10.3. The van der Waals surface area contributed by atoms with Crippen molar-refractivity contribution < 1.29 is 24.2 Å². The van der Waals surface area contributed by atoms with Crippen molar-refractivity contribution in [1.82, 2.24) is 15.3 Å². The van der Waals surface area contributed by atoms with Crippen LogP contribution in [0.1, 0.15) is 57.3 Å². The summed E-state index contributed by atoms with van der Waals surface area (Å²) in [5, 5.41) is 11.7. The number of aliphatic carboxylic acids is 1. The van der Waals surface area contributed by atoms with Gasteiger partial charge in [0.15, 0.2) is 0 Å². The third-order valence-corrected chi connectivity index (χ3v) is 6.50. The molecule has 1 aliphatic carbocycles. The van der Waals surface area contributed by atoms with Gasteiger partial charge < -0.3 is 24.8 Å². The van der Waals surface area contributed by atoms with Crippen molar-refractivity contribution in [3.05, 3.63) is 18.0 Å². The zero-order chi connectivity index (χ0) is 23.4. The van der Waals surface area contributed by atoms with E-state index in [1.807, 2.05) is 0 Å². The number of amides is 1. The summed E-state index contributed by atoms with van der Waals surface area (Å²) >= 11 is 0. The van der Waals surface area contributed by atoms with Gasteiger partial charge in [0.1, 0.15) is 6.61 Å². The van der Waals surface area contributed by atoms with Crippen LogP contribution in [0.2, 0.25) is 0 Å².